The quantitative estimate of drug-likeness (QED) is 0.693. The fourth-order valence-corrected chi connectivity index (χ4v) is 4.08. The maximum Gasteiger partial charge on any atom is 0.258 e. The van der Waals surface area contributed by atoms with Crippen LogP contribution < -0.4 is 10.1 Å². The molecule has 1 fully saturated rings. The zero-order chi connectivity index (χ0) is 21.4. The van der Waals surface area contributed by atoms with Crippen molar-refractivity contribution >= 4 is 11.8 Å². The molecule has 0 bridgehead atoms. The highest BCUT2D eigenvalue weighted by molar-refractivity contribution is 5.99. The minimum Gasteiger partial charge on any atom is -0.472 e. The average molecular weight is 413 g/mol. The van der Waals surface area contributed by atoms with Crippen LogP contribution >= 0.6 is 0 Å². The standard InChI is InChI=1S/C24H19N3O4/c25-14-16-1-3-17(4-2-16)23(29)27-10-8-24(9-11-27)26-22(28)20-13-18(5-6-21(20)31-24)19-7-12-30-15-19/h1-7,12-13,15H,8-11H2,(H,26,28). The molecular weight excluding hydrogens is 394 g/mol. The molecule has 0 aliphatic carbocycles. The number of ether oxygens (including phenoxy) is 1. The molecular formula is C24H19N3O4. The largest absolute Gasteiger partial charge is 0.472 e. The predicted octanol–water partition coefficient (Wildman–Crippen LogP) is 3.57. The van der Waals surface area contributed by atoms with E-state index in [-0.39, 0.29) is 11.8 Å². The zero-order valence-electron chi connectivity index (χ0n) is 16.6. The molecule has 31 heavy (non-hydrogen) atoms. The highest BCUT2D eigenvalue weighted by Gasteiger charge is 2.43. The van der Waals surface area contributed by atoms with Gasteiger partial charge in [0, 0.05) is 37.1 Å². The fraction of sp³-hybridized carbons (Fsp3) is 0.208. The van der Waals surface area contributed by atoms with Gasteiger partial charge in [-0.3, -0.25) is 9.59 Å². The first-order chi connectivity index (χ1) is 15.1. The van der Waals surface area contributed by atoms with Crippen molar-refractivity contribution in [1.82, 2.24) is 10.2 Å². The monoisotopic (exact) mass is 413 g/mol. The van der Waals surface area contributed by atoms with Crippen LogP contribution in [0.4, 0.5) is 0 Å². The second kappa shape index (κ2) is 7.33. The average Bonchev–Trinajstić information content (AvgIpc) is 3.34. The van der Waals surface area contributed by atoms with Gasteiger partial charge in [-0.1, -0.05) is 6.07 Å². The molecule has 1 spiro atoms. The Morgan fingerprint density at radius 2 is 1.84 bits per heavy atom. The Labute approximate surface area is 178 Å². The van der Waals surface area contributed by atoms with Crippen LogP contribution in [0.5, 0.6) is 5.75 Å². The number of likely N-dealkylation sites (tertiary alicyclic amines) is 1. The van der Waals surface area contributed by atoms with Crippen LogP contribution in [0.1, 0.15) is 39.1 Å². The number of benzene rings is 2. The fourth-order valence-electron chi connectivity index (χ4n) is 4.08. The summed E-state index contributed by atoms with van der Waals surface area (Å²) in [5.74, 6) is 0.271. The lowest BCUT2D eigenvalue weighted by Gasteiger charge is -2.44. The summed E-state index contributed by atoms with van der Waals surface area (Å²) in [6, 6.07) is 16.0. The smallest absolute Gasteiger partial charge is 0.258 e. The van der Waals surface area contributed by atoms with Gasteiger partial charge in [-0.2, -0.15) is 5.26 Å². The van der Waals surface area contributed by atoms with Gasteiger partial charge in [0.05, 0.1) is 29.7 Å². The van der Waals surface area contributed by atoms with Crippen molar-refractivity contribution in [2.24, 2.45) is 0 Å². The van der Waals surface area contributed by atoms with Gasteiger partial charge in [0.25, 0.3) is 11.8 Å². The Kier molecular flexibility index (Phi) is 4.48. The van der Waals surface area contributed by atoms with Gasteiger partial charge in [0.1, 0.15) is 5.75 Å². The number of nitriles is 1. The second-order valence-electron chi connectivity index (χ2n) is 7.75. The van der Waals surface area contributed by atoms with Crippen LogP contribution in [-0.2, 0) is 0 Å². The molecule has 1 saturated heterocycles. The molecule has 7 heteroatoms. The van der Waals surface area contributed by atoms with Gasteiger partial charge >= 0.3 is 0 Å². The summed E-state index contributed by atoms with van der Waals surface area (Å²) >= 11 is 0. The van der Waals surface area contributed by atoms with Gasteiger partial charge < -0.3 is 19.4 Å². The van der Waals surface area contributed by atoms with Gasteiger partial charge in [-0.05, 0) is 48.0 Å². The lowest BCUT2D eigenvalue weighted by molar-refractivity contribution is -0.0245. The first kappa shape index (κ1) is 18.9. The van der Waals surface area contributed by atoms with E-state index in [4.69, 9.17) is 14.4 Å². The molecule has 1 aromatic heterocycles. The molecule has 154 valence electrons. The third-order valence-electron chi connectivity index (χ3n) is 5.84. The molecule has 3 aromatic rings. The van der Waals surface area contributed by atoms with Crippen LogP contribution in [0, 0.1) is 11.3 Å². The number of furan rings is 1. The Balaban J connectivity index is 1.30. The third-order valence-corrected chi connectivity index (χ3v) is 5.84. The number of rotatable bonds is 2. The van der Waals surface area contributed by atoms with E-state index in [9.17, 15) is 9.59 Å². The van der Waals surface area contributed by atoms with E-state index in [1.54, 1.807) is 47.8 Å². The number of nitrogens with zero attached hydrogens (tertiary/aromatic N) is 2. The molecule has 0 radical (unpaired) electrons. The highest BCUT2D eigenvalue weighted by atomic mass is 16.5. The minimum atomic E-state index is -0.817. The van der Waals surface area contributed by atoms with E-state index in [0.717, 1.165) is 11.1 Å². The second-order valence-corrected chi connectivity index (χ2v) is 7.75. The predicted molar refractivity (Wildman–Crippen MR) is 111 cm³/mol. The summed E-state index contributed by atoms with van der Waals surface area (Å²) in [5, 5.41) is 11.9. The zero-order valence-corrected chi connectivity index (χ0v) is 16.6. The summed E-state index contributed by atoms with van der Waals surface area (Å²) in [4.78, 5) is 27.4. The summed E-state index contributed by atoms with van der Waals surface area (Å²) in [6.07, 6.45) is 4.20. The van der Waals surface area contributed by atoms with Crippen molar-refractivity contribution in [3.63, 3.8) is 0 Å². The Hall–Kier alpha value is -4.05. The van der Waals surface area contributed by atoms with Crippen molar-refractivity contribution in [3.8, 4) is 22.9 Å². The SMILES string of the molecule is N#Cc1ccc(C(=O)N2CCC3(CC2)NC(=O)c2cc(-c4ccoc4)ccc2O3)cc1. The normalized spacial score (nSPS) is 16.7. The number of hydrogen-bond acceptors (Lipinski definition) is 5. The molecule has 2 aromatic carbocycles. The molecule has 5 rings (SSSR count). The maximum atomic E-state index is 12.9. The molecule has 3 heterocycles. The highest BCUT2D eigenvalue weighted by Crippen LogP contribution is 2.36. The van der Waals surface area contributed by atoms with Crippen molar-refractivity contribution in [2.75, 3.05) is 13.1 Å². The molecule has 0 unspecified atom stereocenters. The number of carbonyl (C=O) groups is 2. The van der Waals surface area contributed by atoms with Gasteiger partial charge in [-0.15, -0.1) is 0 Å². The molecule has 7 nitrogen and oxygen atoms in total. The number of piperidine rings is 1. The molecule has 2 aliphatic heterocycles. The molecule has 0 saturated carbocycles. The summed E-state index contributed by atoms with van der Waals surface area (Å²) < 4.78 is 11.4. The van der Waals surface area contributed by atoms with E-state index in [0.29, 0.717) is 48.4 Å². The van der Waals surface area contributed by atoms with Crippen molar-refractivity contribution < 1.29 is 18.7 Å². The lowest BCUT2D eigenvalue weighted by Crippen LogP contribution is -2.61. The lowest BCUT2D eigenvalue weighted by atomic mass is 9.95. The van der Waals surface area contributed by atoms with Gasteiger partial charge in [-0.25, -0.2) is 0 Å². The summed E-state index contributed by atoms with van der Waals surface area (Å²) in [6.45, 7) is 0.920. The number of fused-ring (bicyclic) bond motifs is 1. The van der Waals surface area contributed by atoms with Crippen molar-refractivity contribution in [2.45, 2.75) is 18.6 Å². The van der Waals surface area contributed by atoms with E-state index < -0.39 is 5.72 Å². The van der Waals surface area contributed by atoms with Gasteiger partial charge in [0.15, 0.2) is 5.72 Å². The van der Waals surface area contributed by atoms with Gasteiger partial charge in [0.2, 0.25) is 0 Å². The number of nitrogens with one attached hydrogen (secondary N) is 1. The third kappa shape index (κ3) is 3.42. The van der Waals surface area contributed by atoms with E-state index in [2.05, 4.69) is 5.32 Å². The summed E-state index contributed by atoms with van der Waals surface area (Å²) in [7, 11) is 0. The van der Waals surface area contributed by atoms with Crippen LogP contribution in [0.2, 0.25) is 0 Å². The Morgan fingerprint density at radius 1 is 1.06 bits per heavy atom. The molecule has 0 atom stereocenters. The van der Waals surface area contributed by atoms with Crippen molar-refractivity contribution in [1.29, 1.82) is 5.26 Å². The van der Waals surface area contributed by atoms with E-state index in [1.165, 1.54) is 0 Å². The molecule has 2 amide bonds. The first-order valence-corrected chi connectivity index (χ1v) is 10.0. The van der Waals surface area contributed by atoms with Crippen LogP contribution in [0.25, 0.3) is 11.1 Å². The number of carbonyl (C=O) groups excluding carboxylic acids is 2. The number of amides is 2. The van der Waals surface area contributed by atoms with E-state index in [1.807, 2.05) is 24.3 Å². The van der Waals surface area contributed by atoms with Crippen LogP contribution in [0.15, 0.2) is 65.5 Å². The first-order valence-electron chi connectivity index (χ1n) is 10.0. The Morgan fingerprint density at radius 3 is 2.52 bits per heavy atom. The Bertz CT molecular complexity index is 1180. The van der Waals surface area contributed by atoms with Crippen molar-refractivity contribution in [3.05, 3.63) is 77.7 Å². The topological polar surface area (TPSA) is 95.6 Å². The molecule has 1 N–H and O–H groups in total. The van der Waals surface area contributed by atoms with Crippen LogP contribution in [-0.4, -0.2) is 35.5 Å². The summed E-state index contributed by atoms with van der Waals surface area (Å²) in [5.41, 5.74) is 2.50. The van der Waals surface area contributed by atoms with E-state index >= 15 is 0 Å². The minimum absolute atomic E-state index is 0.0911. The maximum absolute atomic E-state index is 12.9. The molecule has 2 aliphatic rings. The van der Waals surface area contributed by atoms with Crippen LogP contribution in [0.3, 0.4) is 0 Å². The number of hydrogen-bond donors (Lipinski definition) is 1.